The number of likely N-dealkylation sites (tertiary alicyclic amines) is 1. The molecule has 0 saturated carbocycles. The third-order valence-electron chi connectivity index (χ3n) is 7.97. The van der Waals surface area contributed by atoms with E-state index >= 15 is 0 Å². The summed E-state index contributed by atoms with van der Waals surface area (Å²) >= 11 is 0. The van der Waals surface area contributed by atoms with Crippen molar-refractivity contribution in [1.29, 1.82) is 0 Å². The summed E-state index contributed by atoms with van der Waals surface area (Å²) in [6.07, 6.45) is 1.84. The van der Waals surface area contributed by atoms with Gasteiger partial charge in [0.15, 0.2) is 5.82 Å². The molecular weight excluding hydrogens is 504 g/mol. The van der Waals surface area contributed by atoms with Crippen LogP contribution in [0.25, 0.3) is 0 Å². The van der Waals surface area contributed by atoms with Crippen LogP contribution in [0.15, 0.2) is 54.6 Å². The van der Waals surface area contributed by atoms with Gasteiger partial charge in [0.25, 0.3) is 5.91 Å². The van der Waals surface area contributed by atoms with Gasteiger partial charge in [-0.3, -0.25) is 9.89 Å². The molecule has 3 amide bonds. The van der Waals surface area contributed by atoms with Gasteiger partial charge in [0.05, 0.1) is 23.8 Å². The Balaban J connectivity index is 1.27. The molecule has 3 aromatic rings. The minimum absolute atomic E-state index is 0.00781. The number of hydrogen-bond acceptors (Lipinski definition) is 6. The Morgan fingerprint density at radius 1 is 1.15 bits per heavy atom. The van der Waals surface area contributed by atoms with Gasteiger partial charge in [-0.2, -0.15) is 5.10 Å². The lowest BCUT2D eigenvalue weighted by atomic mass is 10.0. The Morgan fingerprint density at radius 2 is 1.88 bits per heavy atom. The number of hydrogen-bond donors (Lipinski definition) is 4. The summed E-state index contributed by atoms with van der Waals surface area (Å²) in [5.41, 5.74) is 9.50. The van der Waals surface area contributed by atoms with Gasteiger partial charge in [0, 0.05) is 42.5 Å². The van der Waals surface area contributed by atoms with Gasteiger partial charge < -0.3 is 31.1 Å². The van der Waals surface area contributed by atoms with Gasteiger partial charge in [-0.1, -0.05) is 30.3 Å². The van der Waals surface area contributed by atoms with Gasteiger partial charge in [-0.25, -0.2) is 4.79 Å². The van der Waals surface area contributed by atoms with Crippen LogP contribution >= 0.6 is 0 Å². The van der Waals surface area contributed by atoms with E-state index in [0.717, 1.165) is 42.0 Å². The van der Waals surface area contributed by atoms with Crippen molar-refractivity contribution in [2.24, 2.45) is 0 Å². The molecule has 2 atom stereocenters. The highest BCUT2D eigenvalue weighted by molar-refractivity contribution is 5.94. The van der Waals surface area contributed by atoms with Crippen molar-refractivity contribution in [3.63, 3.8) is 0 Å². The van der Waals surface area contributed by atoms with Crippen LogP contribution in [0.5, 0.6) is 0 Å². The average molecular weight is 545 g/mol. The molecule has 0 radical (unpaired) electrons. The number of aromatic nitrogens is 2. The molecule has 1 fully saturated rings. The SMILES string of the molecule is CN(C)C[C@@H](NC(=O)N1Cc2c(NC3CCCN(C(=O)c4ccc(N)cc4)C3)n[nH]c2C1(C)C)c1ccccc1. The molecule has 5 rings (SSSR count). The van der Waals surface area contributed by atoms with Crippen LogP contribution in [0.2, 0.25) is 0 Å². The fourth-order valence-corrected chi connectivity index (χ4v) is 5.75. The maximum absolute atomic E-state index is 13.7. The zero-order chi connectivity index (χ0) is 28.4. The van der Waals surface area contributed by atoms with E-state index in [1.165, 1.54) is 0 Å². The van der Waals surface area contributed by atoms with Crippen LogP contribution < -0.4 is 16.4 Å². The van der Waals surface area contributed by atoms with Gasteiger partial charge in [0.1, 0.15) is 0 Å². The predicted molar refractivity (Wildman–Crippen MR) is 157 cm³/mol. The van der Waals surface area contributed by atoms with Crippen molar-refractivity contribution in [2.45, 2.75) is 50.9 Å². The molecule has 0 aliphatic carbocycles. The summed E-state index contributed by atoms with van der Waals surface area (Å²) in [7, 11) is 4.01. The van der Waals surface area contributed by atoms with Crippen molar-refractivity contribution >= 4 is 23.4 Å². The van der Waals surface area contributed by atoms with E-state index < -0.39 is 5.54 Å². The number of urea groups is 1. The summed E-state index contributed by atoms with van der Waals surface area (Å²) in [4.78, 5) is 32.6. The van der Waals surface area contributed by atoms with Crippen LogP contribution in [-0.2, 0) is 12.1 Å². The predicted octanol–water partition coefficient (Wildman–Crippen LogP) is 3.77. The van der Waals surface area contributed by atoms with E-state index in [1.54, 1.807) is 24.3 Å². The molecule has 10 nitrogen and oxygen atoms in total. The number of rotatable bonds is 7. The molecule has 1 aromatic heterocycles. The van der Waals surface area contributed by atoms with E-state index in [0.29, 0.717) is 30.9 Å². The molecule has 5 N–H and O–H groups in total. The third-order valence-corrected chi connectivity index (χ3v) is 7.97. The monoisotopic (exact) mass is 544 g/mol. The molecule has 40 heavy (non-hydrogen) atoms. The Bertz CT molecular complexity index is 1340. The maximum Gasteiger partial charge on any atom is 0.319 e. The maximum atomic E-state index is 13.7. The molecule has 212 valence electrons. The van der Waals surface area contributed by atoms with E-state index in [4.69, 9.17) is 5.73 Å². The Hall–Kier alpha value is -4.05. The molecule has 1 unspecified atom stereocenters. The fourth-order valence-electron chi connectivity index (χ4n) is 5.75. The largest absolute Gasteiger partial charge is 0.399 e. The first-order chi connectivity index (χ1) is 19.1. The molecule has 10 heteroatoms. The number of carbonyl (C=O) groups excluding carboxylic acids is 2. The lowest BCUT2D eigenvalue weighted by Crippen LogP contribution is -2.48. The lowest BCUT2D eigenvalue weighted by molar-refractivity contribution is 0.0714. The number of nitrogen functional groups attached to an aromatic ring is 1. The van der Waals surface area contributed by atoms with Gasteiger partial charge in [-0.15, -0.1) is 0 Å². The van der Waals surface area contributed by atoms with Gasteiger partial charge >= 0.3 is 6.03 Å². The highest BCUT2D eigenvalue weighted by Crippen LogP contribution is 2.41. The number of nitrogens with one attached hydrogen (secondary N) is 3. The Labute approximate surface area is 235 Å². The number of nitrogens with zero attached hydrogens (tertiary/aromatic N) is 4. The number of piperidine rings is 1. The van der Waals surface area contributed by atoms with Crippen molar-refractivity contribution in [2.75, 3.05) is 44.8 Å². The Kier molecular flexibility index (Phi) is 7.71. The summed E-state index contributed by atoms with van der Waals surface area (Å²) in [5, 5.41) is 14.6. The summed E-state index contributed by atoms with van der Waals surface area (Å²) in [6, 6.07) is 16.9. The van der Waals surface area contributed by atoms with Crippen LogP contribution in [-0.4, -0.2) is 76.6 Å². The molecule has 2 aliphatic rings. The first-order valence-electron chi connectivity index (χ1n) is 13.9. The second kappa shape index (κ2) is 11.2. The fraction of sp³-hybridized carbons (Fsp3) is 0.433. The minimum atomic E-state index is -0.560. The van der Waals surface area contributed by atoms with Crippen LogP contribution in [0.4, 0.5) is 16.3 Å². The zero-order valence-corrected chi connectivity index (χ0v) is 23.8. The molecule has 2 aromatic carbocycles. The van der Waals surface area contributed by atoms with Gasteiger partial charge in [-0.05, 0) is 70.6 Å². The van der Waals surface area contributed by atoms with Gasteiger partial charge in [0.2, 0.25) is 0 Å². The number of H-pyrrole nitrogens is 1. The van der Waals surface area contributed by atoms with Crippen LogP contribution in [0, 0.1) is 0 Å². The van der Waals surface area contributed by atoms with E-state index in [9.17, 15) is 9.59 Å². The molecule has 2 aliphatic heterocycles. The van der Waals surface area contributed by atoms with Crippen LogP contribution in [0.3, 0.4) is 0 Å². The quantitative estimate of drug-likeness (QED) is 0.336. The second-order valence-corrected chi connectivity index (χ2v) is 11.6. The number of fused-ring (bicyclic) bond motifs is 1. The summed E-state index contributed by atoms with van der Waals surface area (Å²) in [5.74, 6) is 0.756. The Morgan fingerprint density at radius 3 is 2.58 bits per heavy atom. The molecular formula is C30H40N8O2. The number of carbonyl (C=O) groups is 2. The van der Waals surface area contributed by atoms with Crippen LogP contribution in [0.1, 0.15) is 59.9 Å². The van der Waals surface area contributed by atoms with E-state index in [-0.39, 0.29) is 24.0 Å². The molecule has 0 spiro atoms. The normalized spacial score (nSPS) is 18.9. The first kappa shape index (κ1) is 27.5. The molecule has 1 saturated heterocycles. The summed E-state index contributed by atoms with van der Waals surface area (Å²) in [6.45, 7) is 6.52. The van der Waals surface area contributed by atoms with Crippen molar-refractivity contribution in [1.82, 2.24) is 30.2 Å². The smallest absolute Gasteiger partial charge is 0.319 e. The molecule has 3 heterocycles. The molecule has 0 bridgehead atoms. The second-order valence-electron chi connectivity index (χ2n) is 11.6. The summed E-state index contributed by atoms with van der Waals surface area (Å²) < 4.78 is 0. The average Bonchev–Trinajstić information content (AvgIpc) is 3.46. The van der Waals surface area contributed by atoms with E-state index in [1.807, 2.05) is 68.1 Å². The van der Waals surface area contributed by atoms with Crippen molar-refractivity contribution in [3.8, 4) is 0 Å². The number of nitrogens with two attached hydrogens (primary N) is 1. The third kappa shape index (κ3) is 5.62. The minimum Gasteiger partial charge on any atom is -0.399 e. The highest BCUT2D eigenvalue weighted by Gasteiger charge is 2.44. The topological polar surface area (TPSA) is 123 Å². The number of likely N-dealkylation sites (N-methyl/N-ethyl adjacent to an activating group) is 1. The standard InChI is InChI=1S/C30H40N8O2/c1-30(2)26-24(18-38(30)29(40)33-25(19-36(3)4)20-9-6-5-7-10-20)27(35-34-26)32-23-11-8-16-37(17-23)28(39)21-12-14-22(31)15-13-21/h5-7,9-10,12-15,23,25H,8,11,16-19,31H2,1-4H3,(H,33,40)(H2,32,34,35)/t23?,25-/m1/s1. The first-order valence-corrected chi connectivity index (χ1v) is 13.9. The number of aromatic amines is 1. The van der Waals surface area contributed by atoms with Crippen molar-refractivity contribution < 1.29 is 9.59 Å². The lowest BCUT2D eigenvalue weighted by Gasteiger charge is -2.34. The van der Waals surface area contributed by atoms with Crippen molar-refractivity contribution in [3.05, 3.63) is 77.0 Å². The number of anilines is 2. The van der Waals surface area contributed by atoms with E-state index in [2.05, 4.69) is 25.7 Å². The highest BCUT2D eigenvalue weighted by atomic mass is 16.2. The zero-order valence-electron chi connectivity index (χ0n) is 23.8. The number of benzene rings is 2. The number of amides is 3.